The highest BCUT2D eigenvalue weighted by Crippen LogP contribution is 2.30. The third-order valence-corrected chi connectivity index (χ3v) is 3.75. The van der Waals surface area contributed by atoms with Gasteiger partial charge in [-0.1, -0.05) is 23.4 Å². The van der Waals surface area contributed by atoms with E-state index in [0.29, 0.717) is 29.8 Å². The Morgan fingerprint density at radius 2 is 1.96 bits per heavy atom. The summed E-state index contributed by atoms with van der Waals surface area (Å²) >= 11 is 0. The zero-order valence-corrected chi connectivity index (χ0v) is 13.4. The molecule has 7 nitrogen and oxygen atoms in total. The molecule has 1 aromatic heterocycles. The molecule has 0 fully saturated rings. The van der Waals surface area contributed by atoms with Gasteiger partial charge in [-0.15, -0.1) is 10.2 Å². The molecule has 0 aliphatic carbocycles. The summed E-state index contributed by atoms with van der Waals surface area (Å²) < 4.78 is 11.2. The fourth-order valence-corrected chi connectivity index (χ4v) is 2.53. The third-order valence-electron chi connectivity index (χ3n) is 3.75. The maximum absolute atomic E-state index is 9.36. The van der Waals surface area contributed by atoms with Crippen molar-refractivity contribution < 1.29 is 19.1 Å². The van der Waals surface area contributed by atoms with Gasteiger partial charge in [-0.3, -0.25) is 0 Å². The van der Waals surface area contributed by atoms with Gasteiger partial charge in [-0.25, -0.2) is 0 Å². The molecule has 1 aliphatic heterocycles. The molecule has 0 amide bonds. The van der Waals surface area contributed by atoms with E-state index in [2.05, 4.69) is 15.4 Å². The number of aromatic nitrogens is 2. The van der Waals surface area contributed by atoms with Crippen molar-refractivity contribution in [3.63, 3.8) is 0 Å². The number of phenolic OH excluding ortho intramolecular Hbond substituents is 1. The van der Waals surface area contributed by atoms with Gasteiger partial charge >= 0.3 is 0 Å². The first kappa shape index (κ1) is 15.2. The van der Waals surface area contributed by atoms with Gasteiger partial charge in [-0.2, -0.15) is 0 Å². The molecule has 7 heteroatoms. The van der Waals surface area contributed by atoms with E-state index in [1.165, 1.54) is 0 Å². The fourth-order valence-electron chi connectivity index (χ4n) is 2.53. The lowest BCUT2D eigenvalue weighted by molar-refractivity contribution is 0.0855. The Hall–Kier alpha value is -3.35. The van der Waals surface area contributed by atoms with Crippen LogP contribution in [-0.4, -0.2) is 21.2 Å². The number of phenols is 1. The number of nitrogens with zero attached hydrogens (tertiary/aromatic N) is 3. The number of rotatable bonds is 3. The van der Waals surface area contributed by atoms with Crippen LogP contribution < -0.4 is 4.74 Å². The van der Waals surface area contributed by atoms with Gasteiger partial charge in [0.05, 0.1) is 6.42 Å². The molecule has 0 spiro atoms. The van der Waals surface area contributed by atoms with E-state index in [9.17, 15) is 5.11 Å². The smallest absolute Gasteiger partial charge is 0.247 e. The maximum Gasteiger partial charge on any atom is 0.247 e. The minimum Gasteiger partial charge on any atom is -0.508 e. The third kappa shape index (κ3) is 3.30. The molecule has 0 unspecified atom stereocenters. The van der Waals surface area contributed by atoms with Gasteiger partial charge in [0, 0.05) is 12.5 Å². The molecular weight excluding hydrogens is 322 g/mol. The predicted molar refractivity (Wildman–Crippen MR) is 89.1 cm³/mol. The van der Waals surface area contributed by atoms with Crippen molar-refractivity contribution in [2.75, 3.05) is 0 Å². The molecule has 2 aromatic carbocycles. The first-order chi connectivity index (χ1) is 12.2. The van der Waals surface area contributed by atoms with E-state index in [1.54, 1.807) is 31.2 Å². The lowest BCUT2D eigenvalue weighted by atomic mass is 10.1. The molecular formula is C18H15N3O4. The highest BCUT2D eigenvalue weighted by molar-refractivity contribution is 5.80. The molecule has 0 bridgehead atoms. The van der Waals surface area contributed by atoms with Crippen molar-refractivity contribution in [1.82, 2.24) is 10.2 Å². The topological polar surface area (TPSA) is 90.0 Å². The standard InChI is InChI=1S/C18H15N3O4/c1-11-19-20-18(23-11)13-3-2-4-15(9-13)24-17-10-16(25-21-17)12-5-7-14(22)8-6-12/h2-9,16,22H,10H2,1H3/t16-/m0/s1. The molecule has 0 saturated carbocycles. The summed E-state index contributed by atoms with van der Waals surface area (Å²) in [4.78, 5) is 5.42. The van der Waals surface area contributed by atoms with Gasteiger partial charge in [0.25, 0.3) is 0 Å². The van der Waals surface area contributed by atoms with Crippen LogP contribution >= 0.6 is 0 Å². The van der Waals surface area contributed by atoms with Crippen molar-refractivity contribution in [2.24, 2.45) is 5.16 Å². The van der Waals surface area contributed by atoms with Crippen molar-refractivity contribution >= 4 is 5.90 Å². The van der Waals surface area contributed by atoms with Crippen molar-refractivity contribution in [3.8, 4) is 23.0 Å². The number of oxime groups is 1. The molecule has 126 valence electrons. The quantitative estimate of drug-likeness (QED) is 0.785. The summed E-state index contributed by atoms with van der Waals surface area (Å²) in [6.07, 6.45) is 0.284. The lowest BCUT2D eigenvalue weighted by Crippen LogP contribution is -2.07. The minimum atomic E-state index is -0.225. The molecule has 0 radical (unpaired) electrons. The van der Waals surface area contributed by atoms with Crippen molar-refractivity contribution in [3.05, 3.63) is 60.0 Å². The second kappa shape index (κ2) is 6.27. The van der Waals surface area contributed by atoms with Crippen molar-refractivity contribution in [2.45, 2.75) is 19.4 Å². The number of benzene rings is 2. The van der Waals surface area contributed by atoms with E-state index < -0.39 is 0 Å². The summed E-state index contributed by atoms with van der Waals surface area (Å²) in [6, 6.07) is 14.2. The van der Waals surface area contributed by atoms with Gasteiger partial charge in [0.15, 0.2) is 6.10 Å². The van der Waals surface area contributed by atoms with Crippen LogP contribution in [0.4, 0.5) is 0 Å². The molecule has 1 N–H and O–H groups in total. The van der Waals surface area contributed by atoms with Crippen molar-refractivity contribution in [1.29, 1.82) is 0 Å². The molecule has 0 saturated heterocycles. The van der Waals surface area contributed by atoms with E-state index in [4.69, 9.17) is 14.0 Å². The average molecular weight is 337 g/mol. The zero-order valence-electron chi connectivity index (χ0n) is 13.4. The molecule has 1 aliphatic rings. The summed E-state index contributed by atoms with van der Waals surface area (Å²) in [5.41, 5.74) is 1.70. The van der Waals surface area contributed by atoms with Gasteiger partial charge in [0.2, 0.25) is 17.7 Å². The van der Waals surface area contributed by atoms with Gasteiger partial charge in [0.1, 0.15) is 11.5 Å². The van der Waals surface area contributed by atoms with Gasteiger partial charge in [-0.05, 0) is 35.9 Å². The van der Waals surface area contributed by atoms with E-state index in [0.717, 1.165) is 11.1 Å². The number of hydrogen-bond acceptors (Lipinski definition) is 7. The normalized spacial score (nSPS) is 16.4. The van der Waals surface area contributed by atoms with Crippen LogP contribution in [0.15, 0.2) is 58.1 Å². The maximum atomic E-state index is 9.36. The van der Waals surface area contributed by atoms with E-state index in [-0.39, 0.29) is 11.9 Å². The van der Waals surface area contributed by atoms with E-state index in [1.807, 2.05) is 24.3 Å². The van der Waals surface area contributed by atoms with Crippen LogP contribution in [0.2, 0.25) is 0 Å². The van der Waals surface area contributed by atoms with Crippen LogP contribution in [-0.2, 0) is 4.84 Å². The zero-order chi connectivity index (χ0) is 17.2. The highest BCUT2D eigenvalue weighted by Gasteiger charge is 2.24. The molecule has 4 rings (SSSR count). The monoisotopic (exact) mass is 337 g/mol. The first-order valence-corrected chi connectivity index (χ1v) is 7.77. The summed E-state index contributed by atoms with van der Waals surface area (Å²) in [7, 11) is 0. The number of hydrogen-bond donors (Lipinski definition) is 1. The Morgan fingerprint density at radius 3 is 2.72 bits per heavy atom. The summed E-state index contributed by atoms with van der Waals surface area (Å²) in [6.45, 7) is 1.74. The minimum absolute atomic E-state index is 0.215. The van der Waals surface area contributed by atoms with Crippen LogP contribution in [0.3, 0.4) is 0 Å². The van der Waals surface area contributed by atoms with E-state index >= 15 is 0 Å². The first-order valence-electron chi connectivity index (χ1n) is 7.77. The molecule has 2 heterocycles. The average Bonchev–Trinajstić information content (AvgIpc) is 3.25. The second-order valence-electron chi connectivity index (χ2n) is 5.63. The Morgan fingerprint density at radius 1 is 1.12 bits per heavy atom. The Kier molecular flexibility index (Phi) is 3.81. The SMILES string of the molecule is Cc1nnc(-c2cccc(OC3=NO[C@H](c4ccc(O)cc4)C3)c2)o1. The largest absolute Gasteiger partial charge is 0.508 e. The summed E-state index contributed by atoms with van der Waals surface area (Å²) in [5.74, 6) is 2.26. The van der Waals surface area contributed by atoms with Crippen LogP contribution in [0.25, 0.3) is 11.5 Å². The lowest BCUT2D eigenvalue weighted by Gasteiger charge is -2.08. The molecule has 3 aromatic rings. The Labute approximate surface area is 143 Å². The molecule has 1 atom stereocenters. The van der Waals surface area contributed by atoms with Crippen LogP contribution in [0.1, 0.15) is 24.0 Å². The predicted octanol–water partition coefficient (Wildman–Crippen LogP) is 3.60. The Bertz CT molecular complexity index is 918. The van der Waals surface area contributed by atoms with Crippen LogP contribution in [0.5, 0.6) is 11.5 Å². The number of ether oxygens (including phenoxy) is 1. The fraction of sp³-hybridized carbons (Fsp3) is 0.167. The molecule has 25 heavy (non-hydrogen) atoms. The summed E-state index contributed by atoms with van der Waals surface area (Å²) in [5, 5.41) is 21.2. The van der Waals surface area contributed by atoms with Gasteiger partial charge < -0.3 is 19.1 Å². The highest BCUT2D eigenvalue weighted by atomic mass is 16.7. The van der Waals surface area contributed by atoms with Crippen LogP contribution in [0, 0.1) is 6.92 Å². The number of aromatic hydroxyl groups is 1. The Balaban J connectivity index is 1.45. The number of aryl methyl sites for hydroxylation is 1. The second-order valence-corrected chi connectivity index (χ2v) is 5.63.